The van der Waals surface area contributed by atoms with Crippen molar-refractivity contribution in [2.45, 2.75) is 13.0 Å². The van der Waals surface area contributed by atoms with Crippen LogP contribution < -0.4 is 10.6 Å². The molecule has 0 saturated carbocycles. The molecular weight excluding hydrogens is 319 g/mol. The molecule has 0 radical (unpaired) electrons. The molecule has 0 bridgehead atoms. The van der Waals surface area contributed by atoms with Crippen LogP contribution in [0.1, 0.15) is 17.3 Å². The van der Waals surface area contributed by atoms with Gasteiger partial charge in [0.1, 0.15) is 6.04 Å². The molecule has 0 fully saturated rings. The molecule has 1 aromatic carbocycles. The molecule has 0 spiro atoms. The van der Waals surface area contributed by atoms with Crippen LogP contribution >= 0.6 is 22.6 Å². The highest BCUT2D eigenvalue weighted by molar-refractivity contribution is 14.1. The summed E-state index contributed by atoms with van der Waals surface area (Å²) in [5.41, 5.74) is 0.582. The second-order valence-electron chi connectivity index (χ2n) is 3.29. The largest absolute Gasteiger partial charge is 0.357 e. The number of carbonyl (C=O) groups is 2. The summed E-state index contributed by atoms with van der Waals surface area (Å²) in [6.07, 6.45) is 0. The van der Waals surface area contributed by atoms with E-state index in [0.717, 1.165) is 3.57 Å². The lowest BCUT2D eigenvalue weighted by Gasteiger charge is -2.12. The van der Waals surface area contributed by atoms with E-state index in [1.165, 1.54) is 7.05 Å². The van der Waals surface area contributed by atoms with Gasteiger partial charge in [-0.2, -0.15) is 0 Å². The molecule has 1 aromatic rings. The van der Waals surface area contributed by atoms with Gasteiger partial charge < -0.3 is 10.6 Å². The minimum Gasteiger partial charge on any atom is -0.357 e. The van der Waals surface area contributed by atoms with Gasteiger partial charge in [-0.1, -0.05) is 12.1 Å². The van der Waals surface area contributed by atoms with Crippen LogP contribution in [0.2, 0.25) is 0 Å². The number of amides is 2. The summed E-state index contributed by atoms with van der Waals surface area (Å²) in [6, 6.07) is 6.70. The van der Waals surface area contributed by atoms with E-state index in [1.807, 2.05) is 12.1 Å². The Balaban J connectivity index is 2.73. The minimum atomic E-state index is -0.534. The van der Waals surface area contributed by atoms with Crippen molar-refractivity contribution < 1.29 is 9.59 Å². The summed E-state index contributed by atoms with van der Waals surface area (Å²) >= 11 is 2.09. The maximum Gasteiger partial charge on any atom is 0.252 e. The zero-order valence-electron chi connectivity index (χ0n) is 9.08. The quantitative estimate of drug-likeness (QED) is 0.816. The SMILES string of the molecule is CNC(=O)C(C)NC(=O)c1ccccc1I. The highest BCUT2D eigenvalue weighted by Crippen LogP contribution is 2.11. The van der Waals surface area contributed by atoms with E-state index in [0.29, 0.717) is 5.56 Å². The van der Waals surface area contributed by atoms with Gasteiger partial charge in [-0.3, -0.25) is 9.59 Å². The van der Waals surface area contributed by atoms with Crippen LogP contribution in [0.5, 0.6) is 0 Å². The Labute approximate surface area is 108 Å². The zero-order valence-corrected chi connectivity index (χ0v) is 11.2. The van der Waals surface area contributed by atoms with E-state index in [1.54, 1.807) is 19.1 Å². The molecule has 4 nitrogen and oxygen atoms in total. The van der Waals surface area contributed by atoms with Gasteiger partial charge >= 0.3 is 0 Å². The van der Waals surface area contributed by atoms with Crippen LogP contribution in [0.4, 0.5) is 0 Å². The van der Waals surface area contributed by atoms with Crippen molar-refractivity contribution in [3.63, 3.8) is 0 Å². The van der Waals surface area contributed by atoms with Crippen molar-refractivity contribution in [3.8, 4) is 0 Å². The monoisotopic (exact) mass is 332 g/mol. The summed E-state index contributed by atoms with van der Waals surface area (Å²) in [5.74, 6) is -0.444. The van der Waals surface area contributed by atoms with Gasteiger partial charge in [0.2, 0.25) is 5.91 Å². The summed E-state index contributed by atoms with van der Waals surface area (Å²) in [6.45, 7) is 1.65. The Kier molecular flexibility index (Phi) is 4.72. The average molecular weight is 332 g/mol. The normalized spacial score (nSPS) is 11.7. The van der Waals surface area contributed by atoms with Crippen LogP contribution in [0.15, 0.2) is 24.3 Å². The molecule has 1 unspecified atom stereocenters. The number of likely N-dealkylation sites (N-methyl/N-ethyl adjacent to an activating group) is 1. The molecule has 2 amide bonds. The summed E-state index contributed by atoms with van der Waals surface area (Å²) < 4.78 is 0.863. The molecule has 0 aromatic heterocycles. The third-order valence-electron chi connectivity index (χ3n) is 2.11. The first-order valence-electron chi connectivity index (χ1n) is 4.83. The molecular formula is C11H13IN2O2. The van der Waals surface area contributed by atoms with Crippen molar-refractivity contribution >= 4 is 34.4 Å². The van der Waals surface area contributed by atoms with Crippen molar-refractivity contribution in [3.05, 3.63) is 33.4 Å². The Bertz CT molecular complexity index is 407. The van der Waals surface area contributed by atoms with E-state index in [-0.39, 0.29) is 11.8 Å². The molecule has 0 aliphatic heterocycles. The molecule has 0 aliphatic rings. The van der Waals surface area contributed by atoms with Crippen LogP contribution in [0.3, 0.4) is 0 Å². The van der Waals surface area contributed by atoms with E-state index in [4.69, 9.17) is 0 Å². The average Bonchev–Trinajstić information content (AvgIpc) is 2.28. The van der Waals surface area contributed by atoms with Crippen molar-refractivity contribution in [1.29, 1.82) is 0 Å². The lowest BCUT2D eigenvalue weighted by Crippen LogP contribution is -2.43. The van der Waals surface area contributed by atoms with Gasteiger partial charge in [-0.05, 0) is 41.6 Å². The highest BCUT2D eigenvalue weighted by Gasteiger charge is 2.16. The Morgan fingerprint density at radius 2 is 1.94 bits per heavy atom. The fourth-order valence-corrected chi connectivity index (χ4v) is 1.83. The minimum absolute atomic E-state index is 0.209. The van der Waals surface area contributed by atoms with Gasteiger partial charge in [0.15, 0.2) is 0 Å². The van der Waals surface area contributed by atoms with E-state index < -0.39 is 6.04 Å². The topological polar surface area (TPSA) is 58.2 Å². The molecule has 5 heteroatoms. The lowest BCUT2D eigenvalue weighted by atomic mass is 10.2. The smallest absolute Gasteiger partial charge is 0.252 e. The number of hydrogen-bond acceptors (Lipinski definition) is 2. The van der Waals surface area contributed by atoms with Crippen LogP contribution in [-0.4, -0.2) is 24.9 Å². The molecule has 0 heterocycles. The van der Waals surface area contributed by atoms with Crippen LogP contribution in [0, 0.1) is 3.57 Å². The Morgan fingerprint density at radius 3 is 2.50 bits per heavy atom. The van der Waals surface area contributed by atoms with Crippen molar-refractivity contribution in [1.82, 2.24) is 10.6 Å². The maximum absolute atomic E-state index is 11.8. The Morgan fingerprint density at radius 1 is 1.31 bits per heavy atom. The first-order chi connectivity index (χ1) is 7.56. The Hall–Kier alpha value is -1.11. The van der Waals surface area contributed by atoms with Crippen molar-refractivity contribution in [2.75, 3.05) is 7.05 Å². The predicted molar refractivity (Wildman–Crippen MR) is 70.2 cm³/mol. The summed E-state index contributed by atoms with van der Waals surface area (Å²) in [5, 5.41) is 5.11. The number of halogens is 1. The lowest BCUT2D eigenvalue weighted by molar-refractivity contribution is -0.122. The third kappa shape index (κ3) is 3.19. The van der Waals surface area contributed by atoms with Gasteiger partial charge in [0, 0.05) is 10.6 Å². The second-order valence-corrected chi connectivity index (χ2v) is 4.45. The number of benzene rings is 1. The number of rotatable bonds is 3. The highest BCUT2D eigenvalue weighted by atomic mass is 127. The molecule has 0 saturated heterocycles. The van der Waals surface area contributed by atoms with E-state index >= 15 is 0 Å². The van der Waals surface area contributed by atoms with E-state index in [2.05, 4.69) is 33.2 Å². The van der Waals surface area contributed by atoms with Gasteiger partial charge in [0.05, 0.1) is 5.56 Å². The number of hydrogen-bond donors (Lipinski definition) is 2. The third-order valence-corrected chi connectivity index (χ3v) is 3.05. The zero-order chi connectivity index (χ0) is 12.1. The molecule has 1 atom stereocenters. The standard InChI is InChI=1S/C11H13IN2O2/c1-7(10(15)13-2)14-11(16)8-5-3-4-6-9(8)12/h3-7H,1-2H3,(H,13,15)(H,14,16). The van der Waals surface area contributed by atoms with E-state index in [9.17, 15) is 9.59 Å². The fraction of sp³-hybridized carbons (Fsp3) is 0.273. The molecule has 16 heavy (non-hydrogen) atoms. The van der Waals surface area contributed by atoms with Crippen LogP contribution in [0.25, 0.3) is 0 Å². The summed E-state index contributed by atoms with van der Waals surface area (Å²) in [4.78, 5) is 23.0. The second kappa shape index (κ2) is 5.83. The maximum atomic E-state index is 11.8. The summed E-state index contributed by atoms with van der Waals surface area (Å²) in [7, 11) is 1.54. The van der Waals surface area contributed by atoms with Crippen molar-refractivity contribution in [2.24, 2.45) is 0 Å². The van der Waals surface area contributed by atoms with Crippen LogP contribution in [-0.2, 0) is 4.79 Å². The predicted octanol–water partition coefficient (Wildman–Crippen LogP) is 1.16. The number of nitrogens with one attached hydrogen (secondary N) is 2. The first-order valence-corrected chi connectivity index (χ1v) is 5.91. The first kappa shape index (κ1) is 13.0. The van der Waals surface area contributed by atoms with Gasteiger partial charge in [0.25, 0.3) is 5.91 Å². The van der Waals surface area contributed by atoms with Gasteiger partial charge in [-0.15, -0.1) is 0 Å². The molecule has 0 aliphatic carbocycles. The molecule has 1 rings (SSSR count). The number of carbonyl (C=O) groups excluding carboxylic acids is 2. The fourth-order valence-electron chi connectivity index (χ4n) is 1.20. The van der Waals surface area contributed by atoms with Gasteiger partial charge in [-0.25, -0.2) is 0 Å². The molecule has 86 valence electrons. The molecule has 2 N–H and O–H groups in total.